The Morgan fingerprint density at radius 3 is 2.92 bits per heavy atom. The molecular weight excluding hydrogens is 336 g/mol. The van der Waals surface area contributed by atoms with Crippen LogP contribution in [-0.2, 0) is 11.2 Å². The molecule has 2 aromatic carbocycles. The zero-order chi connectivity index (χ0) is 17.8. The fraction of sp³-hybridized carbons (Fsp3) is 0.350. The molecule has 25 heavy (non-hydrogen) atoms. The molecule has 2 aromatic rings. The van der Waals surface area contributed by atoms with Gasteiger partial charge in [0, 0.05) is 17.0 Å². The molecule has 0 saturated heterocycles. The Bertz CT molecular complexity index is 763. The van der Waals surface area contributed by atoms with Gasteiger partial charge in [0.1, 0.15) is 11.8 Å². The quantitative estimate of drug-likeness (QED) is 0.862. The molecule has 2 N–H and O–H groups in total. The van der Waals surface area contributed by atoms with Crippen molar-refractivity contribution < 1.29 is 14.4 Å². The summed E-state index contributed by atoms with van der Waals surface area (Å²) in [5.74, 6) is 0.569. The topological polar surface area (TPSA) is 42.8 Å². The average Bonchev–Trinajstić information content (AvgIpc) is 2.61. The third kappa shape index (κ3) is 4.14. The number of rotatable bonds is 5. The number of fused-ring (bicyclic) bond motifs is 1. The zero-order valence-electron chi connectivity index (χ0n) is 14.6. The molecule has 1 aliphatic rings. The summed E-state index contributed by atoms with van der Waals surface area (Å²) < 4.78 is 5.29. The molecule has 5 heteroatoms. The number of anilines is 1. The van der Waals surface area contributed by atoms with Gasteiger partial charge in [-0.25, -0.2) is 0 Å². The van der Waals surface area contributed by atoms with E-state index in [9.17, 15) is 4.79 Å². The number of hydrogen-bond acceptors (Lipinski definition) is 2. The van der Waals surface area contributed by atoms with E-state index in [0.29, 0.717) is 29.0 Å². The smallest absolute Gasteiger partial charge is 0.279 e. The molecule has 0 fully saturated rings. The zero-order valence-corrected chi connectivity index (χ0v) is 15.4. The van der Waals surface area contributed by atoms with E-state index in [4.69, 9.17) is 16.3 Å². The molecular formula is C20H24ClN2O2+. The number of carbonyl (C=O) groups excluding carboxylic acids is 1. The molecule has 3 rings (SSSR count). The highest BCUT2D eigenvalue weighted by atomic mass is 35.5. The van der Waals surface area contributed by atoms with Gasteiger partial charge in [0.05, 0.1) is 19.8 Å². The third-order valence-electron chi connectivity index (χ3n) is 4.84. The Balaban J connectivity index is 1.69. The summed E-state index contributed by atoms with van der Waals surface area (Å²) in [5, 5.41) is 3.49. The number of amides is 1. The van der Waals surface area contributed by atoms with Crippen LogP contribution in [0.25, 0.3) is 0 Å². The first kappa shape index (κ1) is 17.8. The van der Waals surface area contributed by atoms with Crippen LogP contribution in [0.4, 0.5) is 5.69 Å². The van der Waals surface area contributed by atoms with Crippen LogP contribution in [0, 0.1) is 0 Å². The number of nitrogens with one attached hydrogen (secondary N) is 2. The first-order valence-electron chi connectivity index (χ1n) is 8.62. The third-order valence-corrected chi connectivity index (χ3v) is 5.07. The molecule has 0 radical (unpaired) electrons. The lowest BCUT2D eigenvalue weighted by atomic mass is 9.87. The fourth-order valence-corrected chi connectivity index (χ4v) is 3.79. The minimum atomic E-state index is -0.0406. The average molecular weight is 360 g/mol. The maximum Gasteiger partial charge on any atom is 0.279 e. The van der Waals surface area contributed by atoms with E-state index >= 15 is 0 Å². The number of aryl methyl sites for hydroxylation is 1. The highest BCUT2D eigenvalue weighted by Gasteiger charge is 2.28. The van der Waals surface area contributed by atoms with E-state index in [-0.39, 0.29) is 5.91 Å². The van der Waals surface area contributed by atoms with Crippen molar-refractivity contribution in [2.45, 2.75) is 25.3 Å². The van der Waals surface area contributed by atoms with E-state index < -0.39 is 0 Å². The van der Waals surface area contributed by atoms with E-state index in [1.165, 1.54) is 22.4 Å². The highest BCUT2D eigenvalue weighted by molar-refractivity contribution is 6.31. The van der Waals surface area contributed by atoms with Crippen LogP contribution < -0.4 is 15.0 Å². The van der Waals surface area contributed by atoms with Gasteiger partial charge in [0.2, 0.25) is 0 Å². The summed E-state index contributed by atoms with van der Waals surface area (Å²) in [6.07, 6.45) is 3.41. The van der Waals surface area contributed by atoms with Crippen molar-refractivity contribution in [3.8, 4) is 5.75 Å². The lowest BCUT2D eigenvalue weighted by Gasteiger charge is -2.30. The number of methoxy groups -OCH3 is 1. The van der Waals surface area contributed by atoms with Crippen LogP contribution in [0.15, 0.2) is 42.5 Å². The summed E-state index contributed by atoms with van der Waals surface area (Å²) in [6, 6.07) is 14.1. The largest absolute Gasteiger partial charge is 0.495 e. The molecule has 1 unspecified atom stereocenters. The maximum atomic E-state index is 12.5. The van der Waals surface area contributed by atoms with Crippen LogP contribution in [-0.4, -0.2) is 26.6 Å². The summed E-state index contributed by atoms with van der Waals surface area (Å²) in [6.45, 7) is 0.397. The lowest BCUT2D eigenvalue weighted by molar-refractivity contribution is -0.905. The van der Waals surface area contributed by atoms with Gasteiger partial charge in [0.25, 0.3) is 5.91 Å². The molecule has 132 valence electrons. The van der Waals surface area contributed by atoms with Crippen molar-refractivity contribution in [1.29, 1.82) is 0 Å². The molecule has 2 atom stereocenters. The van der Waals surface area contributed by atoms with Crippen molar-refractivity contribution in [3.63, 3.8) is 0 Å². The molecule has 0 bridgehead atoms. The van der Waals surface area contributed by atoms with Gasteiger partial charge in [-0.1, -0.05) is 35.9 Å². The Morgan fingerprint density at radius 1 is 1.32 bits per heavy atom. The number of carbonyl (C=O) groups is 1. The number of halogens is 1. The summed E-state index contributed by atoms with van der Waals surface area (Å²) in [4.78, 5) is 13.7. The summed E-state index contributed by atoms with van der Waals surface area (Å²) >= 11 is 6.03. The van der Waals surface area contributed by atoms with E-state index in [1.54, 1.807) is 25.3 Å². The van der Waals surface area contributed by atoms with Gasteiger partial charge in [-0.2, -0.15) is 0 Å². The second-order valence-electron chi connectivity index (χ2n) is 6.56. The van der Waals surface area contributed by atoms with Gasteiger partial charge < -0.3 is 15.0 Å². The predicted octanol–water partition coefficient (Wildman–Crippen LogP) is 2.88. The molecule has 0 aromatic heterocycles. The van der Waals surface area contributed by atoms with Gasteiger partial charge in [-0.3, -0.25) is 4.79 Å². The minimum Gasteiger partial charge on any atom is -0.495 e. The Kier molecular flexibility index (Phi) is 5.61. The molecule has 0 heterocycles. The van der Waals surface area contributed by atoms with Gasteiger partial charge in [0.15, 0.2) is 6.54 Å². The van der Waals surface area contributed by atoms with Crippen molar-refractivity contribution in [2.24, 2.45) is 0 Å². The van der Waals surface area contributed by atoms with E-state index in [0.717, 1.165) is 12.8 Å². The standard InChI is InChI=1S/C20H23ClN2O2/c1-23(18-9-5-7-14-6-3-4-8-16(14)18)13-20(24)22-17-12-15(21)10-11-19(17)25-2/h3-4,6,8,10-12,18H,5,7,9,13H2,1-2H3,(H,22,24)/p+1/t18-/m0/s1. The normalized spacial score (nSPS) is 17.5. The number of ether oxygens (including phenoxy) is 1. The van der Waals surface area contributed by atoms with Crippen LogP contribution in [0.1, 0.15) is 30.0 Å². The molecule has 4 nitrogen and oxygen atoms in total. The predicted molar refractivity (Wildman–Crippen MR) is 101 cm³/mol. The van der Waals surface area contributed by atoms with Gasteiger partial charge >= 0.3 is 0 Å². The first-order valence-corrected chi connectivity index (χ1v) is 9.00. The molecule has 0 saturated carbocycles. The van der Waals surface area contributed by atoms with Gasteiger partial charge in [-0.15, -0.1) is 0 Å². The second kappa shape index (κ2) is 7.89. The Morgan fingerprint density at radius 2 is 2.12 bits per heavy atom. The van der Waals surface area contributed by atoms with E-state index in [2.05, 4.69) is 36.6 Å². The van der Waals surface area contributed by atoms with Crippen LogP contribution in [0.2, 0.25) is 5.02 Å². The van der Waals surface area contributed by atoms with Crippen LogP contribution in [0.5, 0.6) is 5.75 Å². The lowest BCUT2D eigenvalue weighted by Crippen LogP contribution is -3.10. The molecule has 1 aliphatic carbocycles. The second-order valence-corrected chi connectivity index (χ2v) is 7.00. The molecule has 0 aliphatic heterocycles. The number of quaternary nitrogens is 1. The fourth-order valence-electron chi connectivity index (χ4n) is 3.61. The Labute approximate surface area is 153 Å². The van der Waals surface area contributed by atoms with Crippen molar-refractivity contribution in [3.05, 3.63) is 58.6 Å². The number of likely N-dealkylation sites (N-methyl/N-ethyl adjacent to an activating group) is 1. The minimum absolute atomic E-state index is 0.0406. The molecule has 0 spiro atoms. The van der Waals surface area contributed by atoms with Crippen LogP contribution >= 0.6 is 11.6 Å². The van der Waals surface area contributed by atoms with E-state index in [1.807, 2.05) is 0 Å². The highest BCUT2D eigenvalue weighted by Crippen LogP contribution is 2.28. The number of benzene rings is 2. The van der Waals surface area contributed by atoms with Crippen molar-refractivity contribution >= 4 is 23.2 Å². The molecule has 1 amide bonds. The SMILES string of the molecule is COc1ccc(Cl)cc1NC(=O)C[NH+](C)[C@H]1CCCc2ccccc21. The van der Waals surface area contributed by atoms with Gasteiger partial charge in [-0.05, 0) is 36.6 Å². The maximum absolute atomic E-state index is 12.5. The number of hydrogen-bond donors (Lipinski definition) is 2. The summed E-state index contributed by atoms with van der Waals surface area (Å²) in [5.41, 5.74) is 3.39. The Hall–Kier alpha value is -2.04. The first-order chi connectivity index (χ1) is 12.1. The van der Waals surface area contributed by atoms with Crippen molar-refractivity contribution in [2.75, 3.05) is 26.0 Å². The van der Waals surface area contributed by atoms with Crippen molar-refractivity contribution in [1.82, 2.24) is 0 Å². The monoisotopic (exact) mass is 359 g/mol. The summed E-state index contributed by atoms with van der Waals surface area (Å²) in [7, 11) is 3.66. The van der Waals surface area contributed by atoms with Crippen LogP contribution in [0.3, 0.4) is 0 Å².